The Morgan fingerprint density at radius 1 is 1.07 bits per heavy atom. The number of hydrogen-bond donors (Lipinski definition) is 4. The Labute approximate surface area is 175 Å². The van der Waals surface area contributed by atoms with Crippen molar-refractivity contribution in [1.29, 1.82) is 5.41 Å². The molecule has 0 unspecified atom stereocenters. The first kappa shape index (κ1) is 24.2. The van der Waals surface area contributed by atoms with Gasteiger partial charge in [-0.2, -0.15) is 0 Å². The summed E-state index contributed by atoms with van der Waals surface area (Å²) in [6.07, 6.45) is 0. The average molecular weight is 443 g/mol. The van der Waals surface area contributed by atoms with Crippen molar-refractivity contribution < 1.29 is 22.7 Å². The number of nitrogen functional groups attached to an aromatic ring is 1. The molecule has 0 aliphatic heterocycles. The zero-order valence-electron chi connectivity index (χ0n) is 15.9. The molecule has 9 nitrogen and oxygen atoms in total. The second-order valence-corrected chi connectivity index (χ2v) is 7.50. The van der Waals surface area contributed by atoms with Crippen LogP contribution in [0.4, 0.5) is 0 Å². The van der Waals surface area contributed by atoms with Crippen molar-refractivity contribution in [3.63, 3.8) is 0 Å². The zero-order valence-corrected chi connectivity index (χ0v) is 17.5. The second-order valence-electron chi connectivity index (χ2n) is 5.73. The monoisotopic (exact) mass is 442 g/mol. The van der Waals surface area contributed by atoms with Gasteiger partial charge in [0.2, 0.25) is 15.9 Å². The molecule has 158 valence electrons. The van der Waals surface area contributed by atoms with Gasteiger partial charge in [0.1, 0.15) is 5.84 Å². The van der Waals surface area contributed by atoms with Crippen LogP contribution in [0.15, 0.2) is 47.4 Å². The van der Waals surface area contributed by atoms with Crippen molar-refractivity contribution in [1.82, 2.24) is 10.0 Å². The molecule has 1 amide bonds. The molecule has 0 saturated heterocycles. The molecular formula is C18H23ClN4O5S. The third kappa shape index (κ3) is 6.63. The Balaban J connectivity index is 0.00000420. The molecule has 0 aliphatic carbocycles. The van der Waals surface area contributed by atoms with E-state index < -0.39 is 22.5 Å². The van der Waals surface area contributed by atoms with Crippen LogP contribution < -0.4 is 25.2 Å². The van der Waals surface area contributed by atoms with Gasteiger partial charge < -0.3 is 20.5 Å². The van der Waals surface area contributed by atoms with E-state index in [1.807, 2.05) is 0 Å². The minimum Gasteiger partial charge on any atom is -0.493 e. The summed E-state index contributed by atoms with van der Waals surface area (Å²) in [5.74, 6) is 0.454. The summed E-state index contributed by atoms with van der Waals surface area (Å²) in [6.45, 7) is -0.210. The number of amidine groups is 1. The highest BCUT2D eigenvalue weighted by Crippen LogP contribution is 2.27. The van der Waals surface area contributed by atoms with Crippen LogP contribution in [0.5, 0.6) is 11.5 Å². The number of sulfonamides is 1. The quantitative estimate of drug-likeness (QED) is 0.337. The minimum absolute atomic E-state index is 0. The van der Waals surface area contributed by atoms with E-state index in [-0.39, 0.29) is 29.7 Å². The fourth-order valence-electron chi connectivity index (χ4n) is 2.31. The molecule has 0 spiro atoms. The van der Waals surface area contributed by atoms with E-state index in [0.717, 1.165) is 5.56 Å². The van der Waals surface area contributed by atoms with Crippen LogP contribution in [-0.4, -0.2) is 40.9 Å². The number of halogens is 1. The summed E-state index contributed by atoms with van der Waals surface area (Å²) in [5, 5.41) is 9.94. The molecule has 2 rings (SSSR count). The predicted molar refractivity (Wildman–Crippen MR) is 111 cm³/mol. The van der Waals surface area contributed by atoms with Gasteiger partial charge in [-0.3, -0.25) is 10.2 Å². The molecule has 2 aromatic carbocycles. The van der Waals surface area contributed by atoms with Gasteiger partial charge in [-0.05, 0) is 42.0 Å². The van der Waals surface area contributed by atoms with Crippen molar-refractivity contribution in [2.45, 2.75) is 11.4 Å². The third-order valence-corrected chi connectivity index (χ3v) is 5.25. The summed E-state index contributed by atoms with van der Waals surface area (Å²) in [6, 6.07) is 10.7. The number of hydrogen-bond acceptors (Lipinski definition) is 6. The van der Waals surface area contributed by atoms with Crippen LogP contribution in [-0.2, 0) is 21.4 Å². The summed E-state index contributed by atoms with van der Waals surface area (Å²) in [7, 11) is -0.820. The maximum atomic E-state index is 12.2. The molecule has 0 fully saturated rings. The molecule has 0 aliphatic rings. The van der Waals surface area contributed by atoms with Crippen molar-refractivity contribution in [3.8, 4) is 11.5 Å². The standard InChI is InChI=1S/C18H22N4O5S.ClH/c1-26-15-8-3-12(9-16(15)27-2)10-21-17(23)11-22-28(24,25)14-6-4-13(5-7-14)18(19)20;/h3-9,22H,10-11H2,1-2H3,(H3,19,20)(H,21,23);1H. The number of nitrogens with two attached hydrogens (primary N) is 1. The maximum Gasteiger partial charge on any atom is 0.241 e. The van der Waals surface area contributed by atoms with Crippen LogP contribution in [0.25, 0.3) is 0 Å². The van der Waals surface area contributed by atoms with Crippen LogP contribution in [0.2, 0.25) is 0 Å². The van der Waals surface area contributed by atoms with Crippen LogP contribution in [0.1, 0.15) is 11.1 Å². The van der Waals surface area contributed by atoms with Gasteiger partial charge in [-0.1, -0.05) is 6.07 Å². The molecule has 0 aromatic heterocycles. The van der Waals surface area contributed by atoms with Gasteiger partial charge in [0, 0.05) is 12.1 Å². The Hall–Kier alpha value is -2.82. The number of amides is 1. The zero-order chi connectivity index (χ0) is 20.7. The van der Waals surface area contributed by atoms with E-state index in [1.165, 1.54) is 38.5 Å². The molecular weight excluding hydrogens is 420 g/mol. The highest BCUT2D eigenvalue weighted by Gasteiger charge is 2.16. The van der Waals surface area contributed by atoms with Gasteiger partial charge in [0.05, 0.1) is 25.7 Å². The predicted octanol–water partition coefficient (Wildman–Crippen LogP) is 1.00. The first-order valence-electron chi connectivity index (χ1n) is 8.18. The van der Waals surface area contributed by atoms with E-state index in [4.69, 9.17) is 20.6 Å². The Bertz CT molecular complexity index is 965. The Morgan fingerprint density at radius 2 is 1.69 bits per heavy atom. The van der Waals surface area contributed by atoms with Crippen molar-refractivity contribution >= 4 is 34.2 Å². The van der Waals surface area contributed by atoms with Crippen LogP contribution in [0, 0.1) is 5.41 Å². The summed E-state index contributed by atoms with van der Waals surface area (Å²) in [5.41, 5.74) is 6.52. The Morgan fingerprint density at radius 3 is 2.24 bits per heavy atom. The molecule has 0 heterocycles. The number of ether oxygens (including phenoxy) is 2. The average Bonchev–Trinajstić information content (AvgIpc) is 2.70. The number of carbonyl (C=O) groups is 1. The summed E-state index contributed by atoms with van der Waals surface area (Å²) in [4.78, 5) is 12.0. The SMILES string of the molecule is COc1ccc(CNC(=O)CNS(=O)(=O)c2ccc(C(=N)N)cc2)cc1OC.Cl. The largest absolute Gasteiger partial charge is 0.493 e. The smallest absolute Gasteiger partial charge is 0.241 e. The third-order valence-electron chi connectivity index (χ3n) is 3.84. The topological polar surface area (TPSA) is 144 Å². The number of carbonyl (C=O) groups excluding carboxylic acids is 1. The molecule has 0 atom stereocenters. The van der Waals surface area contributed by atoms with E-state index >= 15 is 0 Å². The van der Waals surface area contributed by atoms with Crippen molar-refractivity contribution in [2.24, 2.45) is 5.73 Å². The van der Waals surface area contributed by atoms with E-state index in [9.17, 15) is 13.2 Å². The lowest BCUT2D eigenvalue weighted by atomic mass is 10.2. The Kier molecular flexibility index (Phi) is 8.89. The van der Waals surface area contributed by atoms with Crippen molar-refractivity contribution in [2.75, 3.05) is 20.8 Å². The second kappa shape index (κ2) is 10.6. The van der Waals surface area contributed by atoms with Crippen molar-refractivity contribution in [3.05, 3.63) is 53.6 Å². The molecule has 5 N–H and O–H groups in total. The van der Waals surface area contributed by atoms with Gasteiger partial charge >= 0.3 is 0 Å². The molecule has 2 aromatic rings. The molecule has 0 saturated carbocycles. The highest BCUT2D eigenvalue weighted by atomic mass is 35.5. The normalized spacial score (nSPS) is 10.6. The highest BCUT2D eigenvalue weighted by molar-refractivity contribution is 7.89. The van der Waals surface area contributed by atoms with Gasteiger partial charge in [-0.15, -0.1) is 12.4 Å². The van der Waals surface area contributed by atoms with Crippen LogP contribution in [0.3, 0.4) is 0 Å². The van der Waals surface area contributed by atoms with Crippen LogP contribution >= 0.6 is 12.4 Å². The fourth-order valence-corrected chi connectivity index (χ4v) is 3.29. The fraction of sp³-hybridized carbons (Fsp3) is 0.222. The molecule has 29 heavy (non-hydrogen) atoms. The number of benzene rings is 2. The summed E-state index contributed by atoms with van der Waals surface area (Å²) < 4.78 is 37.1. The van der Waals surface area contributed by atoms with E-state index in [2.05, 4.69) is 10.0 Å². The lowest BCUT2D eigenvalue weighted by Gasteiger charge is -2.11. The molecule has 0 radical (unpaired) electrons. The first-order valence-corrected chi connectivity index (χ1v) is 9.67. The van der Waals surface area contributed by atoms with Gasteiger partial charge in [0.25, 0.3) is 0 Å². The molecule has 0 bridgehead atoms. The summed E-state index contributed by atoms with van der Waals surface area (Å²) >= 11 is 0. The first-order chi connectivity index (χ1) is 13.3. The minimum atomic E-state index is -3.86. The number of methoxy groups -OCH3 is 2. The lowest BCUT2D eigenvalue weighted by Crippen LogP contribution is -2.36. The number of rotatable bonds is 9. The maximum absolute atomic E-state index is 12.2. The molecule has 11 heteroatoms. The number of nitrogens with one attached hydrogen (secondary N) is 3. The van der Waals surface area contributed by atoms with Gasteiger partial charge in [0.15, 0.2) is 11.5 Å². The lowest BCUT2D eigenvalue weighted by molar-refractivity contribution is -0.120. The van der Waals surface area contributed by atoms with E-state index in [0.29, 0.717) is 17.1 Å². The van der Waals surface area contributed by atoms with E-state index in [1.54, 1.807) is 18.2 Å². The van der Waals surface area contributed by atoms with Gasteiger partial charge in [-0.25, -0.2) is 13.1 Å².